The number of carbonyl (C=O) groups is 2. The molecule has 232 valence electrons. The molecule has 3 N–H and O–H groups in total. The van der Waals surface area contributed by atoms with Crippen LogP contribution in [0.2, 0.25) is 0 Å². The summed E-state index contributed by atoms with van der Waals surface area (Å²) in [5, 5.41) is 9.84. The van der Waals surface area contributed by atoms with Crippen LogP contribution in [0, 0.1) is 25.6 Å². The Morgan fingerprint density at radius 2 is 1.82 bits per heavy atom. The van der Waals surface area contributed by atoms with Crippen molar-refractivity contribution in [2.24, 2.45) is 10.9 Å². The van der Waals surface area contributed by atoms with Gasteiger partial charge in [0.05, 0.1) is 19.1 Å². The number of halogens is 1. The third kappa shape index (κ3) is 7.74. The fourth-order valence-electron chi connectivity index (χ4n) is 5.39. The van der Waals surface area contributed by atoms with Crippen molar-refractivity contribution in [3.8, 4) is 17.2 Å². The Morgan fingerprint density at radius 1 is 1.00 bits per heavy atom. The number of aryl methyl sites for hydroxylation is 2. The minimum Gasteiger partial charge on any atom is -0.493 e. The van der Waals surface area contributed by atoms with Gasteiger partial charge in [-0.25, -0.2) is 4.39 Å². The molecule has 0 bridgehead atoms. The summed E-state index contributed by atoms with van der Waals surface area (Å²) in [6, 6.07) is 13.8. The highest BCUT2D eigenvalue weighted by Crippen LogP contribution is 2.27. The van der Waals surface area contributed by atoms with Crippen LogP contribution < -0.4 is 40.7 Å². The fourth-order valence-corrected chi connectivity index (χ4v) is 5.39. The Balaban J connectivity index is 1.22. The molecule has 1 saturated heterocycles. The summed E-state index contributed by atoms with van der Waals surface area (Å²) in [7, 11) is 1.58. The highest BCUT2D eigenvalue weighted by Gasteiger charge is 2.19. The van der Waals surface area contributed by atoms with E-state index in [2.05, 4.69) is 27.0 Å². The predicted octanol–water partition coefficient (Wildman–Crippen LogP) is 3.34. The van der Waals surface area contributed by atoms with Gasteiger partial charge in [0.2, 0.25) is 0 Å². The molecule has 5 rings (SSSR count). The largest absolute Gasteiger partial charge is 0.493 e. The predicted molar refractivity (Wildman–Crippen MR) is 166 cm³/mol. The van der Waals surface area contributed by atoms with E-state index in [-0.39, 0.29) is 11.4 Å². The second kappa shape index (κ2) is 14.4. The first kappa shape index (κ1) is 31.0. The maximum Gasteiger partial charge on any atom is 0.313 e. The second-order valence-corrected chi connectivity index (χ2v) is 11.2. The third-order valence-corrected chi connectivity index (χ3v) is 7.95. The van der Waals surface area contributed by atoms with Gasteiger partial charge in [-0.05, 0) is 81.4 Å². The van der Waals surface area contributed by atoms with Gasteiger partial charge in [-0.3, -0.25) is 14.6 Å². The zero-order valence-corrected chi connectivity index (χ0v) is 25.4. The smallest absolute Gasteiger partial charge is 0.313 e. The molecule has 2 heterocycles. The molecule has 9 nitrogen and oxygen atoms in total. The van der Waals surface area contributed by atoms with Gasteiger partial charge in [0.15, 0.2) is 23.1 Å². The number of rotatable bonds is 10. The molecule has 3 aromatic rings. The van der Waals surface area contributed by atoms with E-state index >= 15 is 4.39 Å². The van der Waals surface area contributed by atoms with Crippen molar-refractivity contribution < 1.29 is 28.2 Å². The van der Waals surface area contributed by atoms with E-state index in [1.807, 2.05) is 38.1 Å². The molecule has 0 radical (unpaired) electrons. The summed E-state index contributed by atoms with van der Waals surface area (Å²) in [4.78, 5) is 29.4. The first-order chi connectivity index (χ1) is 21.3. The zero-order chi connectivity index (χ0) is 31.1. The number of piperidine rings is 1. The number of methoxy groups -OCH3 is 1. The van der Waals surface area contributed by atoms with Gasteiger partial charge < -0.3 is 30.2 Å². The molecule has 0 aromatic heterocycles. The van der Waals surface area contributed by atoms with Crippen LogP contribution in [0.5, 0.6) is 17.2 Å². The lowest BCUT2D eigenvalue weighted by Gasteiger charge is -2.23. The Bertz CT molecular complexity index is 1650. The topological polar surface area (TPSA) is 110 Å². The highest BCUT2D eigenvalue weighted by atomic mass is 19.1. The van der Waals surface area contributed by atoms with Gasteiger partial charge >= 0.3 is 11.8 Å². The number of benzene rings is 3. The van der Waals surface area contributed by atoms with Crippen LogP contribution in [-0.4, -0.2) is 51.7 Å². The molecule has 44 heavy (non-hydrogen) atoms. The minimum absolute atomic E-state index is 0.00553. The molecular weight excluding hydrogens is 563 g/mol. The quantitative estimate of drug-likeness (QED) is 0.307. The number of anilines is 1. The molecule has 0 atom stereocenters. The number of carbonyl (C=O) groups excluding carboxylic acids is 2. The zero-order valence-electron chi connectivity index (χ0n) is 25.4. The van der Waals surface area contributed by atoms with Gasteiger partial charge in [0.1, 0.15) is 5.76 Å². The van der Waals surface area contributed by atoms with Crippen molar-refractivity contribution in [1.82, 2.24) is 10.6 Å². The molecule has 1 fully saturated rings. The monoisotopic (exact) mass is 602 g/mol. The lowest BCUT2D eigenvalue weighted by Crippen LogP contribution is -2.36. The van der Waals surface area contributed by atoms with Crippen LogP contribution >= 0.6 is 0 Å². The standard InChI is InChI=1S/C34H39FN4O5/c1-21-4-5-22(2)24(16-21)10-14-38-33(40)34(41)39-25-6-7-30(27(35)17-25)44-29-11-15-37-28-19-32(31(42-3)18-26(28)29)43-20-23-8-12-36-13-9-23/h4-7,16-19,23,36H,8-15,20H2,1-3H3,(H,38,40)(H,39,41). The maximum atomic E-state index is 15.1. The summed E-state index contributed by atoms with van der Waals surface area (Å²) >= 11 is 0. The lowest BCUT2D eigenvalue weighted by atomic mass is 9.99. The number of hydrogen-bond donors (Lipinski definition) is 3. The van der Waals surface area contributed by atoms with E-state index in [9.17, 15) is 9.59 Å². The number of nitrogens with zero attached hydrogens (tertiary/aromatic N) is 1. The minimum atomic E-state index is -0.874. The Hall–Kier alpha value is -4.44. The van der Waals surface area contributed by atoms with Crippen LogP contribution in [0.15, 0.2) is 53.5 Å². The van der Waals surface area contributed by atoms with E-state index in [1.165, 1.54) is 12.1 Å². The van der Waals surface area contributed by atoms with Crippen LogP contribution in [0.4, 0.5) is 10.1 Å². The van der Waals surface area contributed by atoms with Crippen LogP contribution in [0.1, 0.15) is 36.0 Å². The number of ether oxygens (including phenoxy) is 3. The lowest BCUT2D eigenvalue weighted by molar-refractivity contribution is -0.136. The average Bonchev–Trinajstić information content (AvgIpc) is 3.03. The van der Waals surface area contributed by atoms with E-state index in [4.69, 9.17) is 14.2 Å². The number of amides is 2. The van der Waals surface area contributed by atoms with Crippen molar-refractivity contribution in [3.05, 3.63) is 81.6 Å². The highest BCUT2D eigenvalue weighted by molar-refractivity contribution is 6.39. The average molecular weight is 603 g/mol. The maximum absolute atomic E-state index is 15.1. The molecule has 0 unspecified atom stereocenters. The van der Waals surface area contributed by atoms with Crippen molar-refractivity contribution >= 4 is 23.3 Å². The second-order valence-electron chi connectivity index (χ2n) is 11.2. The van der Waals surface area contributed by atoms with Crippen molar-refractivity contribution in [1.29, 1.82) is 0 Å². The normalized spacial score (nSPS) is 14.7. The Morgan fingerprint density at radius 3 is 2.59 bits per heavy atom. The van der Waals surface area contributed by atoms with Gasteiger partial charge in [-0.2, -0.15) is 0 Å². The Kier molecular flexibility index (Phi) is 10.1. The van der Waals surface area contributed by atoms with Gasteiger partial charge in [0.25, 0.3) is 0 Å². The summed E-state index contributed by atoms with van der Waals surface area (Å²) in [6.45, 7) is 7.39. The molecule has 2 aliphatic rings. The van der Waals surface area contributed by atoms with Gasteiger partial charge in [0, 0.05) is 42.5 Å². The molecule has 2 aliphatic heterocycles. The van der Waals surface area contributed by atoms with E-state index in [1.54, 1.807) is 7.11 Å². The van der Waals surface area contributed by atoms with Crippen LogP contribution in [0.25, 0.3) is 5.76 Å². The number of fused-ring (bicyclic) bond motifs is 1. The number of nitrogens with one attached hydrogen (secondary N) is 3. The molecule has 10 heteroatoms. The van der Waals surface area contributed by atoms with Crippen LogP contribution in [0.3, 0.4) is 0 Å². The molecule has 0 spiro atoms. The SMILES string of the molecule is COc1cc2c(cc1OCC1CCNCC1)=NCCC=2Oc1ccc(NC(=O)C(=O)NCCc2cc(C)ccc2C)cc1F. The van der Waals surface area contributed by atoms with E-state index < -0.39 is 17.6 Å². The molecule has 0 saturated carbocycles. The van der Waals surface area contributed by atoms with Crippen molar-refractivity contribution in [2.45, 2.75) is 39.5 Å². The van der Waals surface area contributed by atoms with E-state index in [0.717, 1.165) is 48.7 Å². The first-order valence-electron chi connectivity index (χ1n) is 15.0. The molecule has 3 aromatic carbocycles. The molecule has 0 aliphatic carbocycles. The van der Waals surface area contributed by atoms with E-state index in [0.29, 0.717) is 66.3 Å². The fraction of sp³-hybridized carbons (Fsp3) is 0.382. The molecular formula is C34H39FN4O5. The summed E-state index contributed by atoms with van der Waals surface area (Å²) < 4.78 is 32.9. The summed E-state index contributed by atoms with van der Waals surface area (Å²) in [5.74, 6) is -0.131. The van der Waals surface area contributed by atoms with Crippen LogP contribution in [-0.2, 0) is 16.0 Å². The first-order valence-corrected chi connectivity index (χ1v) is 15.0. The third-order valence-electron chi connectivity index (χ3n) is 7.95. The number of hydrogen-bond acceptors (Lipinski definition) is 7. The summed E-state index contributed by atoms with van der Waals surface area (Å²) in [6.07, 6.45) is 3.21. The van der Waals surface area contributed by atoms with Crippen molar-refractivity contribution in [3.63, 3.8) is 0 Å². The van der Waals surface area contributed by atoms with Crippen molar-refractivity contribution in [2.75, 3.05) is 45.2 Å². The van der Waals surface area contributed by atoms with Gasteiger partial charge in [-0.1, -0.05) is 23.8 Å². The molecule has 2 amide bonds. The Labute approximate surface area is 256 Å². The van der Waals surface area contributed by atoms with Gasteiger partial charge in [-0.15, -0.1) is 0 Å². The summed E-state index contributed by atoms with van der Waals surface area (Å²) in [5.41, 5.74) is 3.50.